The van der Waals surface area contributed by atoms with Gasteiger partial charge in [0, 0.05) is 54.6 Å². The Morgan fingerprint density at radius 3 is 2.69 bits per heavy atom. The number of aromatic amines is 1. The highest BCUT2D eigenvalue weighted by Crippen LogP contribution is 2.25. The predicted molar refractivity (Wildman–Crippen MR) is 119 cm³/mol. The monoisotopic (exact) mass is 475 g/mol. The van der Waals surface area contributed by atoms with Crippen LogP contribution in [0, 0.1) is 13.8 Å². The van der Waals surface area contributed by atoms with Crippen LogP contribution < -0.4 is 10.5 Å². The zero-order valence-electron chi connectivity index (χ0n) is 16.4. The highest BCUT2D eigenvalue weighted by atomic mass is 79.9. The molecule has 1 fully saturated rings. The maximum Gasteiger partial charge on any atom is 0.259 e. The lowest BCUT2D eigenvalue weighted by Crippen LogP contribution is -2.49. The number of aromatic nitrogens is 3. The molecule has 3 aromatic rings. The van der Waals surface area contributed by atoms with Crippen molar-refractivity contribution in [3.05, 3.63) is 49.4 Å². The molecule has 1 saturated heterocycles. The third kappa shape index (κ3) is 4.20. The summed E-state index contributed by atoms with van der Waals surface area (Å²) in [6.45, 7) is 6.79. The Morgan fingerprint density at radius 1 is 1.24 bits per heavy atom. The summed E-state index contributed by atoms with van der Waals surface area (Å²) in [4.78, 5) is 42.8. The molecule has 0 radical (unpaired) electrons. The summed E-state index contributed by atoms with van der Waals surface area (Å²) in [5.74, 6) is 1.60. The third-order valence-electron chi connectivity index (χ3n) is 5.33. The number of rotatable bonds is 4. The number of halogens is 1. The highest BCUT2D eigenvalue weighted by Gasteiger charge is 2.22. The van der Waals surface area contributed by atoms with Crippen molar-refractivity contribution in [2.24, 2.45) is 0 Å². The van der Waals surface area contributed by atoms with E-state index in [1.807, 2.05) is 30.9 Å². The number of thiophene rings is 1. The standard InChI is InChI=1S/C20H22BrN5O2S/c1-12-13(2)29-20-18(12)19(28)23-15(24-20)4-6-17(27)26-9-7-25(8-10-26)16-5-3-14(21)11-22-16/h3,5,11H,4,6-10H2,1-2H3,(H,23,24,28). The second-order valence-electron chi connectivity index (χ2n) is 7.18. The van der Waals surface area contributed by atoms with Crippen LogP contribution in [0.2, 0.25) is 0 Å². The van der Waals surface area contributed by atoms with E-state index in [1.165, 1.54) is 11.3 Å². The van der Waals surface area contributed by atoms with Gasteiger partial charge < -0.3 is 14.8 Å². The van der Waals surface area contributed by atoms with E-state index >= 15 is 0 Å². The number of hydrogen-bond donors (Lipinski definition) is 1. The average Bonchev–Trinajstić information content (AvgIpc) is 3.01. The molecular weight excluding hydrogens is 454 g/mol. The average molecular weight is 476 g/mol. The van der Waals surface area contributed by atoms with Gasteiger partial charge in [0.2, 0.25) is 5.91 Å². The lowest BCUT2D eigenvalue weighted by atomic mass is 10.2. The van der Waals surface area contributed by atoms with E-state index in [2.05, 4.69) is 35.8 Å². The van der Waals surface area contributed by atoms with Gasteiger partial charge in [0.15, 0.2) is 0 Å². The minimum absolute atomic E-state index is 0.0923. The van der Waals surface area contributed by atoms with Crippen LogP contribution >= 0.6 is 27.3 Å². The molecule has 0 aliphatic carbocycles. The van der Waals surface area contributed by atoms with Crippen molar-refractivity contribution in [1.29, 1.82) is 0 Å². The van der Waals surface area contributed by atoms with Gasteiger partial charge in [-0.25, -0.2) is 9.97 Å². The van der Waals surface area contributed by atoms with E-state index < -0.39 is 0 Å². The van der Waals surface area contributed by atoms with Crippen molar-refractivity contribution in [3.63, 3.8) is 0 Å². The van der Waals surface area contributed by atoms with E-state index in [-0.39, 0.29) is 11.5 Å². The van der Waals surface area contributed by atoms with Gasteiger partial charge in [0.25, 0.3) is 5.56 Å². The molecular formula is C20H22BrN5O2S. The molecule has 9 heteroatoms. The number of hydrogen-bond acceptors (Lipinski definition) is 6. The van der Waals surface area contributed by atoms with E-state index in [9.17, 15) is 9.59 Å². The first-order chi connectivity index (χ1) is 13.9. The fourth-order valence-corrected chi connectivity index (χ4v) is 4.82. The number of nitrogens with one attached hydrogen (secondary N) is 1. The number of amides is 1. The maximum absolute atomic E-state index is 12.6. The Bertz CT molecular complexity index is 1100. The van der Waals surface area contributed by atoms with Crippen molar-refractivity contribution in [2.75, 3.05) is 31.1 Å². The molecule has 0 saturated carbocycles. The zero-order chi connectivity index (χ0) is 20.5. The number of H-pyrrole nitrogens is 1. The molecule has 0 bridgehead atoms. The van der Waals surface area contributed by atoms with Crippen molar-refractivity contribution in [1.82, 2.24) is 19.9 Å². The van der Waals surface area contributed by atoms with E-state index in [0.29, 0.717) is 37.1 Å². The number of anilines is 1. The molecule has 0 atom stereocenters. The Balaban J connectivity index is 1.35. The van der Waals surface area contributed by atoms with Gasteiger partial charge in [0.1, 0.15) is 16.5 Å². The van der Waals surface area contributed by atoms with Gasteiger partial charge >= 0.3 is 0 Å². The quantitative estimate of drug-likeness (QED) is 0.626. The second-order valence-corrected chi connectivity index (χ2v) is 9.30. The number of aryl methyl sites for hydroxylation is 3. The van der Waals surface area contributed by atoms with Crippen LogP contribution in [-0.2, 0) is 11.2 Å². The van der Waals surface area contributed by atoms with Crippen molar-refractivity contribution < 1.29 is 4.79 Å². The lowest BCUT2D eigenvalue weighted by Gasteiger charge is -2.35. The molecule has 1 aliphatic heterocycles. The Labute approximate surface area is 180 Å². The molecule has 4 heterocycles. The van der Waals surface area contributed by atoms with Crippen LogP contribution in [0.5, 0.6) is 0 Å². The predicted octanol–water partition coefficient (Wildman–Crippen LogP) is 3.04. The van der Waals surface area contributed by atoms with E-state index in [0.717, 1.165) is 38.7 Å². The smallest absolute Gasteiger partial charge is 0.259 e. The molecule has 29 heavy (non-hydrogen) atoms. The Morgan fingerprint density at radius 2 is 2.00 bits per heavy atom. The first-order valence-electron chi connectivity index (χ1n) is 9.55. The number of carbonyl (C=O) groups is 1. The summed E-state index contributed by atoms with van der Waals surface area (Å²) < 4.78 is 0.952. The maximum atomic E-state index is 12.6. The highest BCUT2D eigenvalue weighted by molar-refractivity contribution is 9.10. The summed E-state index contributed by atoms with van der Waals surface area (Å²) in [5, 5.41) is 0.667. The van der Waals surface area contributed by atoms with Crippen LogP contribution in [0.25, 0.3) is 10.2 Å². The van der Waals surface area contributed by atoms with Crippen LogP contribution in [0.15, 0.2) is 27.6 Å². The van der Waals surface area contributed by atoms with Gasteiger partial charge in [-0.1, -0.05) is 0 Å². The van der Waals surface area contributed by atoms with Crippen molar-refractivity contribution >= 4 is 49.2 Å². The summed E-state index contributed by atoms with van der Waals surface area (Å²) in [6.07, 6.45) is 2.57. The van der Waals surface area contributed by atoms with Gasteiger partial charge in [0.05, 0.1) is 5.39 Å². The molecule has 1 aliphatic rings. The zero-order valence-corrected chi connectivity index (χ0v) is 18.8. The van der Waals surface area contributed by atoms with Crippen molar-refractivity contribution in [2.45, 2.75) is 26.7 Å². The van der Waals surface area contributed by atoms with Gasteiger partial charge in [-0.3, -0.25) is 9.59 Å². The summed E-state index contributed by atoms with van der Waals surface area (Å²) >= 11 is 4.92. The molecule has 152 valence electrons. The Hall–Kier alpha value is -2.26. The molecule has 0 spiro atoms. The number of fused-ring (bicyclic) bond motifs is 1. The van der Waals surface area contributed by atoms with E-state index in [1.54, 1.807) is 6.20 Å². The summed E-state index contributed by atoms with van der Waals surface area (Å²) in [6, 6.07) is 3.95. The van der Waals surface area contributed by atoms with Gasteiger partial charge in [-0.2, -0.15) is 0 Å². The third-order valence-corrected chi connectivity index (χ3v) is 6.90. The Kier molecular flexibility index (Phi) is 5.69. The first-order valence-corrected chi connectivity index (χ1v) is 11.2. The normalized spacial score (nSPS) is 14.6. The fourth-order valence-electron chi connectivity index (χ4n) is 3.54. The van der Waals surface area contributed by atoms with Crippen molar-refractivity contribution in [3.8, 4) is 0 Å². The number of nitrogens with zero attached hydrogens (tertiary/aromatic N) is 4. The number of pyridine rings is 1. The topological polar surface area (TPSA) is 82.2 Å². The molecule has 3 aromatic heterocycles. The van der Waals surface area contributed by atoms with Crippen LogP contribution in [-0.4, -0.2) is 51.9 Å². The molecule has 7 nitrogen and oxygen atoms in total. The first kappa shape index (κ1) is 20.0. The van der Waals surface area contributed by atoms with Gasteiger partial charge in [-0.15, -0.1) is 11.3 Å². The van der Waals surface area contributed by atoms with Crippen LogP contribution in [0.1, 0.15) is 22.7 Å². The number of carbonyl (C=O) groups excluding carboxylic acids is 1. The minimum atomic E-state index is -0.116. The molecule has 0 aromatic carbocycles. The van der Waals surface area contributed by atoms with E-state index in [4.69, 9.17) is 0 Å². The molecule has 0 unspecified atom stereocenters. The molecule has 1 amide bonds. The lowest BCUT2D eigenvalue weighted by molar-refractivity contribution is -0.131. The number of piperazine rings is 1. The fraction of sp³-hybridized carbons (Fsp3) is 0.400. The SMILES string of the molecule is Cc1sc2nc(CCC(=O)N3CCN(c4ccc(Br)cn4)CC3)[nH]c(=O)c2c1C. The summed E-state index contributed by atoms with van der Waals surface area (Å²) in [5.41, 5.74) is 0.870. The van der Waals surface area contributed by atoms with Crippen LogP contribution in [0.3, 0.4) is 0 Å². The van der Waals surface area contributed by atoms with Gasteiger partial charge in [-0.05, 0) is 47.5 Å². The molecule has 4 rings (SSSR count). The second kappa shape index (κ2) is 8.23. The largest absolute Gasteiger partial charge is 0.353 e. The van der Waals surface area contributed by atoms with Crippen LogP contribution in [0.4, 0.5) is 5.82 Å². The minimum Gasteiger partial charge on any atom is -0.353 e. The summed E-state index contributed by atoms with van der Waals surface area (Å²) in [7, 11) is 0. The molecule has 1 N–H and O–H groups in total.